The second kappa shape index (κ2) is 3.98. The van der Waals surface area contributed by atoms with E-state index in [9.17, 15) is 0 Å². The summed E-state index contributed by atoms with van der Waals surface area (Å²) < 4.78 is 11.6. The van der Waals surface area contributed by atoms with Gasteiger partial charge in [-0.1, -0.05) is 0 Å². The van der Waals surface area contributed by atoms with Crippen LogP contribution in [0.1, 0.15) is 27.7 Å². The number of nitrogens with one attached hydrogen (secondary N) is 2. The molecule has 0 aromatic rings. The van der Waals surface area contributed by atoms with E-state index in [1.807, 2.05) is 27.7 Å². The largest absolute Gasteiger partial charge is 0.511 e. The maximum Gasteiger partial charge on any atom is 0.511 e. The molecule has 1 aliphatic rings. The first-order valence-electron chi connectivity index (χ1n) is 5.08. The molecule has 0 amide bonds. The monoisotopic (exact) mass is 210 g/mol. The molecular weight excluding hydrogens is 191 g/mol. The zero-order chi connectivity index (χ0) is 11.7. The second-order valence-electron chi connectivity index (χ2n) is 4.63. The van der Waals surface area contributed by atoms with E-state index in [-0.39, 0.29) is 11.2 Å². The zero-order valence-corrected chi connectivity index (χ0v) is 10.0. The highest BCUT2D eigenvalue weighted by Gasteiger charge is 2.52. The van der Waals surface area contributed by atoms with Crippen molar-refractivity contribution in [1.29, 1.82) is 5.41 Å². The van der Waals surface area contributed by atoms with Crippen LogP contribution in [0, 0.1) is 5.41 Å². The number of rotatable bonds is 3. The predicted octanol–water partition coefficient (Wildman–Crippen LogP) is 1.37. The van der Waals surface area contributed by atoms with E-state index < -0.39 is 7.12 Å². The Balaban J connectivity index is 2.86. The summed E-state index contributed by atoms with van der Waals surface area (Å²) in [5.41, 5.74) is 0.0919. The van der Waals surface area contributed by atoms with Gasteiger partial charge in [-0.15, -0.1) is 0 Å². The lowest BCUT2D eigenvalue weighted by atomic mass is 9.84. The Morgan fingerprint density at radius 1 is 1.20 bits per heavy atom. The summed E-state index contributed by atoms with van der Waals surface area (Å²) in [4.78, 5) is 0. The van der Waals surface area contributed by atoms with Gasteiger partial charge in [-0.3, -0.25) is 0 Å². The lowest BCUT2D eigenvalue weighted by Crippen LogP contribution is -2.41. The van der Waals surface area contributed by atoms with Crippen molar-refractivity contribution < 1.29 is 9.31 Å². The third-order valence-electron chi connectivity index (χ3n) is 3.06. The van der Waals surface area contributed by atoms with Crippen molar-refractivity contribution in [3.63, 3.8) is 0 Å². The summed E-state index contributed by atoms with van der Waals surface area (Å²) in [6.45, 7) is 8.02. The molecule has 1 fully saturated rings. The summed E-state index contributed by atoms with van der Waals surface area (Å²) in [6, 6.07) is 0. The zero-order valence-electron chi connectivity index (χ0n) is 10.0. The average Bonchev–Trinajstić information content (AvgIpc) is 2.32. The van der Waals surface area contributed by atoms with E-state index >= 15 is 0 Å². The average molecular weight is 210 g/mol. The molecule has 0 aromatic carbocycles. The Labute approximate surface area is 91.7 Å². The van der Waals surface area contributed by atoms with E-state index in [2.05, 4.69) is 5.32 Å². The molecule has 5 heteroatoms. The standard InChI is InChI=1S/C10H19BN2O2/c1-9(2)10(3,4)15-11(14-9)8(13-5)6-7-12/h6-7,12-13H,1-5H3/b8-6-,12-7?. The Morgan fingerprint density at radius 3 is 2.00 bits per heavy atom. The molecule has 1 heterocycles. The molecule has 1 saturated heterocycles. The first-order chi connectivity index (χ1) is 6.84. The highest BCUT2D eigenvalue weighted by atomic mass is 16.7. The fourth-order valence-electron chi connectivity index (χ4n) is 1.34. The third-order valence-corrected chi connectivity index (χ3v) is 3.06. The smallest absolute Gasteiger partial charge is 0.398 e. The van der Waals surface area contributed by atoms with E-state index in [0.717, 1.165) is 5.60 Å². The molecule has 0 aromatic heterocycles. The van der Waals surface area contributed by atoms with Gasteiger partial charge >= 0.3 is 7.12 Å². The van der Waals surface area contributed by atoms with Crippen LogP contribution in [0.25, 0.3) is 0 Å². The molecular formula is C10H19BN2O2. The lowest BCUT2D eigenvalue weighted by molar-refractivity contribution is 0.00578. The summed E-state index contributed by atoms with van der Waals surface area (Å²) in [5.74, 6) is 0. The minimum atomic E-state index is -0.415. The van der Waals surface area contributed by atoms with Gasteiger partial charge in [0.15, 0.2) is 0 Å². The van der Waals surface area contributed by atoms with Crippen molar-refractivity contribution in [2.75, 3.05) is 7.05 Å². The van der Waals surface area contributed by atoms with Crippen LogP contribution in [0.15, 0.2) is 11.7 Å². The van der Waals surface area contributed by atoms with Crippen LogP contribution < -0.4 is 5.32 Å². The SMILES string of the molecule is CN/C(=C\C=N)B1OC(C)(C)C(C)(C)O1. The topological polar surface area (TPSA) is 54.3 Å². The van der Waals surface area contributed by atoms with Crippen molar-refractivity contribution in [2.24, 2.45) is 0 Å². The molecule has 0 spiro atoms. The highest BCUT2D eigenvalue weighted by molar-refractivity contribution is 6.54. The quantitative estimate of drug-likeness (QED) is 0.546. The van der Waals surface area contributed by atoms with Crippen LogP contribution in [-0.4, -0.2) is 31.6 Å². The van der Waals surface area contributed by atoms with Crippen molar-refractivity contribution in [1.82, 2.24) is 5.32 Å². The molecule has 0 unspecified atom stereocenters. The van der Waals surface area contributed by atoms with Gasteiger partial charge in [0.2, 0.25) is 0 Å². The second-order valence-corrected chi connectivity index (χ2v) is 4.63. The van der Waals surface area contributed by atoms with Crippen molar-refractivity contribution in [3.8, 4) is 0 Å². The molecule has 15 heavy (non-hydrogen) atoms. The summed E-state index contributed by atoms with van der Waals surface area (Å²) >= 11 is 0. The first kappa shape index (κ1) is 12.3. The van der Waals surface area contributed by atoms with Gasteiger partial charge in [0, 0.05) is 18.9 Å². The number of hydrogen-bond acceptors (Lipinski definition) is 4. The van der Waals surface area contributed by atoms with Crippen LogP contribution in [0.3, 0.4) is 0 Å². The Bertz CT molecular complexity index is 271. The highest BCUT2D eigenvalue weighted by Crippen LogP contribution is 2.37. The maximum atomic E-state index is 7.05. The molecule has 0 saturated carbocycles. The summed E-state index contributed by atoms with van der Waals surface area (Å²) in [7, 11) is 1.38. The van der Waals surface area contributed by atoms with Crippen LogP contribution in [-0.2, 0) is 9.31 Å². The Morgan fingerprint density at radius 2 is 1.67 bits per heavy atom. The molecule has 0 aliphatic carbocycles. The van der Waals surface area contributed by atoms with Crippen molar-refractivity contribution in [3.05, 3.63) is 11.7 Å². The van der Waals surface area contributed by atoms with Gasteiger partial charge in [-0.2, -0.15) is 0 Å². The van der Waals surface area contributed by atoms with Crippen molar-refractivity contribution in [2.45, 2.75) is 38.9 Å². The number of hydrogen-bond donors (Lipinski definition) is 2. The van der Waals surface area contributed by atoms with Crippen LogP contribution in [0.5, 0.6) is 0 Å². The fourth-order valence-corrected chi connectivity index (χ4v) is 1.34. The van der Waals surface area contributed by atoms with E-state index in [1.54, 1.807) is 13.1 Å². The Kier molecular flexibility index (Phi) is 3.26. The number of allylic oxidation sites excluding steroid dienone is 1. The molecule has 84 valence electrons. The minimum absolute atomic E-state index is 0.338. The van der Waals surface area contributed by atoms with Gasteiger partial charge in [-0.25, -0.2) is 0 Å². The molecule has 1 aliphatic heterocycles. The van der Waals surface area contributed by atoms with E-state index in [1.165, 1.54) is 6.21 Å². The van der Waals surface area contributed by atoms with E-state index in [0.29, 0.717) is 0 Å². The van der Waals surface area contributed by atoms with Gasteiger partial charge in [0.25, 0.3) is 0 Å². The van der Waals surface area contributed by atoms with Gasteiger partial charge in [0.05, 0.1) is 11.2 Å². The van der Waals surface area contributed by atoms with Crippen LogP contribution in [0.2, 0.25) is 0 Å². The normalized spacial score (nSPS) is 24.1. The Hall–Kier alpha value is -0.805. The van der Waals surface area contributed by atoms with Crippen LogP contribution >= 0.6 is 0 Å². The fraction of sp³-hybridized carbons (Fsp3) is 0.700. The lowest BCUT2D eigenvalue weighted by Gasteiger charge is -2.32. The summed E-state index contributed by atoms with van der Waals surface area (Å²) in [6.07, 6.45) is 2.86. The first-order valence-corrected chi connectivity index (χ1v) is 5.08. The minimum Gasteiger partial charge on any atom is -0.398 e. The molecule has 0 radical (unpaired) electrons. The van der Waals surface area contributed by atoms with Gasteiger partial charge in [-0.05, 0) is 33.8 Å². The molecule has 4 nitrogen and oxygen atoms in total. The molecule has 2 N–H and O–H groups in total. The third kappa shape index (κ3) is 2.24. The molecule has 1 rings (SSSR count). The van der Waals surface area contributed by atoms with Crippen molar-refractivity contribution >= 4 is 13.3 Å². The molecule has 0 bridgehead atoms. The van der Waals surface area contributed by atoms with Gasteiger partial charge in [0.1, 0.15) is 0 Å². The maximum absolute atomic E-state index is 7.05. The predicted molar refractivity (Wildman–Crippen MR) is 62.0 cm³/mol. The summed E-state index contributed by atoms with van der Waals surface area (Å²) in [5, 5.41) is 10.0. The van der Waals surface area contributed by atoms with Crippen LogP contribution in [0.4, 0.5) is 0 Å². The van der Waals surface area contributed by atoms with Gasteiger partial charge < -0.3 is 20.0 Å². The van der Waals surface area contributed by atoms with E-state index in [4.69, 9.17) is 14.7 Å². The molecule has 0 atom stereocenters.